The summed E-state index contributed by atoms with van der Waals surface area (Å²) in [6.07, 6.45) is 4.14. The van der Waals surface area contributed by atoms with E-state index in [4.69, 9.17) is 4.74 Å². The van der Waals surface area contributed by atoms with Crippen molar-refractivity contribution >= 4 is 11.6 Å². The fourth-order valence-electron chi connectivity index (χ4n) is 5.89. The van der Waals surface area contributed by atoms with E-state index in [-0.39, 0.29) is 11.4 Å². The zero-order valence-electron chi connectivity index (χ0n) is 20.5. The van der Waals surface area contributed by atoms with Gasteiger partial charge in [0.05, 0.1) is 24.4 Å². The molecule has 0 N–H and O–H groups in total. The molecule has 0 bridgehead atoms. The molecule has 3 heterocycles. The molecule has 1 spiro atoms. The summed E-state index contributed by atoms with van der Waals surface area (Å²) in [5, 5.41) is 0. The molecule has 1 aromatic heterocycles. The van der Waals surface area contributed by atoms with Gasteiger partial charge in [0.25, 0.3) is 5.91 Å². The Morgan fingerprint density at radius 3 is 2.31 bits per heavy atom. The molecule has 0 atom stereocenters. The van der Waals surface area contributed by atoms with Crippen molar-refractivity contribution in [2.24, 2.45) is 0 Å². The number of rotatable bonds is 3. The predicted molar refractivity (Wildman–Crippen MR) is 143 cm³/mol. The molecule has 2 fully saturated rings. The van der Waals surface area contributed by atoms with Crippen molar-refractivity contribution in [2.45, 2.75) is 18.4 Å². The summed E-state index contributed by atoms with van der Waals surface area (Å²) in [7, 11) is 1.96. The number of hydrogen-bond donors (Lipinski definition) is 0. The van der Waals surface area contributed by atoms with Crippen molar-refractivity contribution in [1.29, 1.82) is 0 Å². The van der Waals surface area contributed by atoms with E-state index in [1.807, 2.05) is 36.2 Å². The number of morpholine rings is 1. The summed E-state index contributed by atoms with van der Waals surface area (Å²) in [5.41, 5.74) is 8.62. The van der Waals surface area contributed by atoms with Crippen LogP contribution in [0.3, 0.4) is 0 Å². The van der Waals surface area contributed by atoms with Crippen molar-refractivity contribution in [1.82, 2.24) is 9.47 Å². The summed E-state index contributed by atoms with van der Waals surface area (Å²) >= 11 is 0. The Bertz CT molecular complexity index is 1460. The molecule has 0 radical (unpaired) electrons. The maximum Gasteiger partial charge on any atom is 0.271 e. The molecule has 5 heteroatoms. The average molecular weight is 476 g/mol. The Kier molecular flexibility index (Phi) is 4.83. The minimum Gasteiger partial charge on any atom is -0.378 e. The largest absolute Gasteiger partial charge is 0.378 e. The smallest absolute Gasteiger partial charge is 0.271 e. The molecule has 180 valence electrons. The fraction of sp³-hybridized carbons (Fsp3) is 0.258. The zero-order valence-corrected chi connectivity index (χ0v) is 20.5. The number of carbonyl (C=O) groups excluding carboxylic acids is 1. The molecule has 2 aliphatic heterocycles. The van der Waals surface area contributed by atoms with E-state index in [1.54, 1.807) is 0 Å². The van der Waals surface area contributed by atoms with E-state index in [0.717, 1.165) is 67.2 Å². The molecule has 7 rings (SSSR count). The van der Waals surface area contributed by atoms with Crippen LogP contribution in [-0.4, -0.2) is 48.7 Å². The Morgan fingerprint density at radius 2 is 1.53 bits per heavy atom. The summed E-state index contributed by atoms with van der Waals surface area (Å²) < 4.78 is 7.67. The van der Waals surface area contributed by atoms with Crippen LogP contribution >= 0.6 is 0 Å². The minimum atomic E-state index is -0.202. The summed E-state index contributed by atoms with van der Waals surface area (Å²) in [6.45, 7) is 3.37. The molecular formula is C31H29N3O2. The Balaban J connectivity index is 1.37. The van der Waals surface area contributed by atoms with Crippen LogP contribution < -0.4 is 4.90 Å². The quantitative estimate of drug-likeness (QED) is 0.380. The molecule has 1 aliphatic carbocycles. The highest BCUT2D eigenvalue weighted by Crippen LogP contribution is 2.54. The molecule has 4 aromatic rings. The summed E-state index contributed by atoms with van der Waals surface area (Å²) in [6, 6.07) is 27.9. The van der Waals surface area contributed by atoms with Crippen molar-refractivity contribution in [2.75, 3.05) is 38.3 Å². The Morgan fingerprint density at radius 1 is 0.778 bits per heavy atom. The highest BCUT2D eigenvalue weighted by molar-refractivity contribution is 5.97. The average Bonchev–Trinajstić information content (AvgIpc) is 3.64. The summed E-state index contributed by atoms with van der Waals surface area (Å²) in [4.78, 5) is 18.0. The van der Waals surface area contributed by atoms with Gasteiger partial charge in [0.2, 0.25) is 0 Å². The van der Waals surface area contributed by atoms with Crippen molar-refractivity contribution < 1.29 is 9.53 Å². The number of hydrogen-bond acceptors (Lipinski definition) is 3. The number of ether oxygens (including phenoxy) is 1. The number of anilines is 1. The SMILES string of the molecule is CN1C(=O)c2cc(-c3ccccc3)cn2-c2cc(-c3cccc(N4CCOCC4)c3)ccc2C12CC2. The molecule has 1 saturated heterocycles. The van der Waals surface area contributed by atoms with E-state index >= 15 is 0 Å². The second-order valence-electron chi connectivity index (χ2n) is 10.1. The van der Waals surface area contributed by atoms with Gasteiger partial charge in [0.1, 0.15) is 5.69 Å². The fourth-order valence-corrected chi connectivity index (χ4v) is 5.89. The lowest BCUT2D eigenvalue weighted by Crippen LogP contribution is -2.36. The van der Waals surface area contributed by atoms with Crippen molar-refractivity contribution in [3.05, 3.63) is 96.3 Å². The lowest BCUT2D eigenvalue weighted by molar-refractivity contribution is 0.0705. The molecular weight excluding hydrogens is 446 g/mol. The molecule has 1 amide bonds. The van der Waals surface area contributed by atoms with Crippen LogP contribution in [0.5, 0.6) is 0 Å². The minimum absolute atomic E-state index is 0.0849. The van der Waals surface area contributed by atoms with Crippen molar-refractivity contribution in [3.63, 3.8) is 0 Å². The van der Waals surface area contributed by atoms with E-state index in [1.165, 1.54) is 16.8 Å². The van der Waals surface area contributed by atoms with Gasteiger partial charge >= 0.3 is 0 Å². The number of aromatic nitrogens is 1. The maximum absolute atomic E-state index is 13.7. The van der Waals surface area contributed by atoms with Crippen LogP contribution in [0.2, 0.25) is 0 Å². The number of nitrogens with zero attached hydrogens (tertiary/aromatic N) is 3. The maximum atomic E-state index is 13.7. The third-order valence-corrected chi connectivity index (χ3v) is 8.13. The third kappa shape index (κ3) is 3.30. The van der Waals surface area contributed by atoms with Gasteiger partial charge in [-0.2, -0.15) is 0 Å². The molecule has 1 saturated carbocycles. The zero-order chi connectivity index (χ0) is 24.3. The standard InChI is InChI=1S/C31H29N3O2/c1-32-30(35)29-20-25(22-6-3-2-4-7-22)21-34(29)28-19-24(10-11-27(28)31(32)12-13-31)23-8-5-9-26(18-23)33-14-16-36-17-15-33/h2-11,18-21H,12-17H2,1H3. The van der Waals surface area contributed by atoms with E-state index in [2.05, 4.69) is 70.3 Å². The van der Waals surface area contributed by atoms with Crippen LogP contribution in [0.15, 0.2) is 85.1 Å². The van der Waals surface area contributed by atoms with Gasteiger partial charge in [-0.3, -0.25) is 4.79 Å². The Hall–Kier alpha value is -3.83. The number of carbonyl (C=O) groups is 1. The molecule has 0 unspecified atom stereocenters. The van der Waals surface area contributed by atoms with E-state index in [0.29, 0.717) is 0 Å². The van der Waals surface area contributed by atoms with Gasteiger partial charge < -0.3 is 19.1 Å². The van der Waals surface area contributed by atoms with E-state index < -0.39 is 0 Å². The molecule has 3 aromatic carbocycles. The highest BCUT2D eigenvalue weighted by Gasteiger charge is 2.53. The monoisotopic (exact) mass is 475 g/mol. The first kappa shape index (κ1) is 21.5. The first-order valence-corrected chi connectivity index (χ1v) is 12.8. The highest BCUT2D eigenvalue weighted by atomic mass is 16.5. The normalized spacial score (nSPS) is 18.1. The second kappa shape index (κ2) is 8.10. The van der Waals surface area contributed by atoms with Crippen LogP contribution in [0.4, 0.5) is 5.69 Å². The topological polar surface area (TPSA) is 37.7 Å². The van der Waals surface area contributed by atoms with Gasteiger partial charge in [-0.25, -0.2) is 0 Å². The number of amides is 1. The van der Waals surface area contributed by atoms with Gasteiger partial charge in [0, 0.05) is 43.1 Å². The van der Waals surface area contributed by atoms with Crippen molar-refractivity contribution in [3.8, 4) is 27.9 Å². The van der Waals surface area contributed by atoms with Crippen LogP contribution in [0, 0.1) is 0 Å². The van der Waals surface area contributed by atoms with Crippen LogP contribution in [-0.2, 0) is 10.3 Å². The molecule has 5 nitrogen and oxygen atoms in total. The van der Waals surface area contributed by atoms with Crippen LogP contribution in [0.25, 0.3) is 27.9 Å². The van der Waals surface area contributed by atoms with Gasteiger partial charge in [0.15, 0.2) is 0 Å². The summed E-state index contributed by atoms with van der Waals surface area (Å²) in [5.74, 6) is 0.0849. The number of benzene rings is 3. The first-order chi connectivity index (χ1) is 17.6. The molecule has 36 heavy (non-hydrogen) atoms. The predicted octanol–water partition coefficient (Wildman–Crippen LogP) is 5.72. The van der Waals surface area contributed by atoms with Gasteiger partial charge in [-0.05, 0) is 53.8 Å². The number of fused-ring (bicyclic) bond motifs is 4. The molecule has 3 aliphatic rings. The van der Waals surface area contributed by atoms with Gasteiger partial charge in [-0.15, -0.1) is 0 Å². The van der Waals surface area contributed by atoms with Gasteiger partial charge in [-0.1, -0.05) is 54.6 Å². The Labute approximate surface area is 211 Å². The first-order valence-electron chi connectivity index (χ1n) is 12.8. The van der Waals surface area contributed by atoms with E-state index in [9.17, 15) is 4.79 Å². The lowest BCUT2D eigenvalue weighted by atomic mass is 9.96. The lowest BCUT2D eigenvalue weighted by Gasteiger charge is -2.29. The second-order valence-corrected chi connectivity index (χ2v) is 10.1. The van der Waals surface area contributed by atoms with Crippen LogP contribution in [0.1, 0.15) is 28.9 Å². The third-order valence-electron chi connectivity index (χ3n) is 8.13.